The summed E-state index contributed by atoms with van der Waals surface area (Å²) in [5, 5.41) is 0. The van der Waals surface area contributed by atoms with Crippen LogP contribution in [0.5, 0.6) is 0 Å². The molecule has 0 saturated carbocycles. The maximum absolute atomic E-state index is 5.63. The fraction of sp³-hybridized carbons (Fsp3) is 1.00. The molecular formula is C6H18Cl2N2. The van der Waals surface area contributed by atoms with E-state index in [1.165, 1.54) is 0 Å². The van der Waals surface area contributed by atoms with Gasteiger partial charge in [0.2, 0.25) is 0 Å². The van der Waals surface area contributed by atoms with Crippen molar-refractivity contribution in [2.75, 3.05) is 0 Å². The zero-order valence-corrected chi connectivity index (χ0v) is 8.34. The second kappa shape index (κ2) is 7.61. The average molecular weight is 189 g/mol. The number of rotatable bonds is 2. The SMILES string of the molecule is CC(C)[C@@H](N)[C@H](C)N.Cl.Cl. The Bertz CT molecular complexity index is 58.8. The number of hydrogen-bond donors (Lipinski definition) is 2. The largest absolute Gasteiger partial charge is 0.327 e. The van der Waals surface area contributed by atoms with Gasteiger partial charge in [-0.15, -0.1) is 24.8 Å². The van der Waals surface area contributed by atoms with E-state index in [0.717, 1.165) is 0 Å². The van der Waals surface area contributed by atoms with Crippen LogP contribution in [0.2, 0.25) is 0 Å². The van der Waals surface area contributed by atoms with Crippen LogP contribution in [0.3, 0.4) is 0 Å². The Balaban J connectivity index is -0.000000245. The topological polar surface area (TPSA) is 52.0 Å². The Morgan fingerprint density at radius 1 is 0.900 bits per heavy atom. The molecule has 0 aliphatic rings. The summed E-state index contributed by atoms with van der Waals surface area (Å²) in [4.78, 5) is 0. The Morgan fingerprint density at radius 2 is 1.20 bits per heavy atom. The summed E-state index contributed by atoms with van der Waals surface area (Å²) >= 11 is 0. The predicted octanol–water partition coefficient (Wildman–Crippen LogP) is 1.16. The second-order valence-corrected chi connectivity index (χ2v) is 2.68. The maximum Gasteiger partial charge on any atom is 0.0212 e. The molecule has 0 aliphatic heterocycles. The highest BCUT2D eigenvalue weighted by molar-refractivity contribution is 5.85. The average Bonchev–Trinajstić information content (AvgIpc) is 1.64. The Kier molecular flexibility index (Phi) is 12.8. The smallest absolute Gasteiger partial charge is 0.0212 e. The van der Waals surface area contributed by atoms with Crippen LogP contribution in [0.4, 0.5) is 0 Å². The lowest BCUT2D eigenvalue weighted by molar-refractivity contribution is 0.433. The fourth-order valence-electron chi connectivity index (χ4n) is 0.607. The molecule has 0 aliphatic carbocycles. The van der Waals surface area contributed by atoms with Crippen molar-refractivity contribution in [3.8, 4) is 0 Å². The first-order valence-corrected chi connectivity index (χ1v) is 3.07. The molecule has 2 atom stereocenters. The van der Waals surface area contributed by atoms with Gasteiger partial charge in [-0.25, -0.2) is 0 Å². The quantitative estimate of drug-likeness (QED) is 0.684. The highest BCUT2D eigenvalue weighted by atomic mass is 35.5. The van der Waals surface area contributed by atoms with E-state index in [2.05, 4.69) is 13.8 Å². The van der Waals surface area contributed by atoms with Crippen LogP contribution >= 0.6 is 24.8 Å². The molecule has 0 rings (SSSR count). The van der Waals surface area contributed by atoms with Gasteiger partial charge in [0.05, 0.1) is 0 Å². The highest BCUT2D eigenvalue weighted by Crippen LogP contribution is 1.99. The van der Waals surface area contributed by atoms with Crippen LogP contribution in [0.25, 0.3) is 0 Å². The van der Waals surface area contributed by atoms with E-state index in [1.54, 1.807) is 0 Å². The van der Waals surface area contributed by atoms with Gasteiger partial charge in [-0.05, 0) is 12.8 Å². The van der Waals surface area contributed by atoms with E-state index in [9.17, 15) is 0 Å². The molecule has 0 amide bonds. The molecular weight excluding hydrogens is 171 g/mol. The van der Waals surface area contributed by atoms with Crippen molar-refractivity contribution in [3.63, 3.8) is 0 Å². The molecule has 4 N–H and O–H groups in total. The van der Waals surface area contributed by atoms with Gasteiger partial charge in [-0.1, -0.05) is 13.8 Å². The summed E-state index contributed by atoms with van der Waals surface area (Å²) in [7, 11) is 0. The molecule has 66 valence electrons. The Hall–Kier alpha value is 0.500. The summed E-state index contributed by atoms with van der Waals surface area (Å²) < 4.78 is 0. The standard InChI is InChI=1S/C6H16N2.2ClH/c1-4(2)6(8)5(3)7;;/h4-6H,7-8H2,1-3H3;2*1H/t5-,6+;;/m0../s1. The third-order valence-electron chi connectivity index (χ3n) is 1.38. The lowest BCUT2D eigenvalue weighted by Crippen LogP contribution is -2.42. The third-order valence-corrected chi connectivity index (χ3v) is 1.38. The van der Waals surface area contributed by atoms with Crippen LogP contribution in [0, 0.1) is 5.92 Å². The maximum atomic E-state index is 5.63. The van der Waals surface area contributed by atoms with Crippen LogP contribution in [0.15, 0.2) is 0 Å². The molecule has 0 radical (unpaired) electrons. The van der Waals surface area contributed by atoms with Crippen LogP contribution in [0.1, 0.15) is 20.8 Å². The molecule has 4 heteroatoms. The van der Waals surface area contributed by atoms with Crippen molar-refractivity contribution in [2.24, 2.45) is 17.4 Å². The predicted molar refractivity (Wildman–Crippen MR) is 51.0 cm³/mol. The minimum absolute atomic E-state index is 0. The van der Waals surface area contributed by atoms with Crippen molar-refractivity contribution in [2.45, 2.75) is 32.9 Å². The van der Waals surface area contributed by atoms with Crippen molar-refractivity contribution in [1.82, 2.24) is 0 Å². The third kappa shape index (κ3) is 6.62. The zero-order valence-electron chi connectivity index (χ0n) is 6.70. The van der Waals surface area contributed by atoms with Gasteiger partial charge in [0.1, 0.15) is 0 Å². The van der Waals surface area contributed by atoms with E-state index in [-0.39, 0.29) is 36.9 Å². The molecule has 0 spiro atoms. The van der Waals surface area contributed by atoms with Gasteiger partial charge in [0, 0.05) is 12.1 Å². The molecule has 0 bridgehead atoms. The first-order valence-electron chi connectivity index (χ1n) is 3.07. The Labute approximate surface area is 75.5 Å². The van der Waals surface area contributed by atoms with Gasteiger partial charge < -0.3 is 11.5 Å². The summed E-state index contributed by atoms with van der Waals surface area (Å²) in [6.07, 6.45) is 0. The van der Waals surface area contributed by atoms with E-state index < -0.39 is 0 Å². The van der Waals surface area contributed by atoms with E-state index in [0.29, 0.717) is 5.92 Å². The van der Waals surface area contributed by atoms with Crippen molar-refractivity contribution in [3.05, 3.63) is 0 Å². The fourth-order valence-corrected chi connectivity index (χ4v) is 0.607. The first kappa shape index (κ1) is 16.8. The van der Waals surface area contributed by atoms with Crippen LogP contribution in [-0.2, 0) is 0 Å². The summed E-state index contributed by atoms with van der Waals surface area (Å²) in [5.74, 6) is 0.495. The monoisotopic (exact) mass is 188 g/mol. The van der Waals surface area contributed by atoms with Crippen LogP contribution < -0.4 is 11.5 Å². The zero-order chi connectivity index (χ0) is 6.73. The van der Waals surface area contributed by atoms with Crippen molar-refractivity contribution < 1.29 is 0 Å². The molecule has 0 fully saturated rings. The molecule has 10 heavy (non-hydrogen) atoms. The molecule has 0 heterocycles. The minimum atomic E-state index is 0. The van der Waals surface area contributed by atoms with E-state index in [1.807, 2.05) is 6.92 Å². The number of halogens is 2. The summed E-state index contributed by atoms with van der Waals surface area (Å²) in [5.41, 5.74) is 11.1. The molecule has 0 aromatic carbocycles. The van der Waals surface area contributed by atoms with E-state index in [4.69, 9.17) is 11.5 Å². The first-order chi connectivity index (χ1) is 3.55. The van der Waals surface area contributed by atoms with Crippen molar-refractivity contribution >= 4 is 24.8 Å². The van der Waals surface area contributed by atoms with Crippen molar-refractivity contribution in [1.29, 1.82) is 0 Å². The molecule has 0 aromatic rings. The van der Waals surface area contributed by atoms with Gasteiger partial charge in [-0.3, -0.25) is 0 Å². The minimum Gasteiger partial charge on any atom is -0.327 e. The summed E-state index contributed by atoms with van der Waals surface area (Å²) in [6, 6.07) is 0.269. The highest BCUT2D eigenvalue weighted by Gasteiger charge is 2.10. The van der Waals surface area contributed by atoms with Gasteiger partial charge in [0.15, 0.2) is 0 Å². The Morgan fingerprint density at radius 3 is 1.20 bits per heavy atom. The van der Waals surface area contributed by atoms with Crippen LogP contribution in [-0.4, -0.2) is 12.1 Å². The van der Waals surface area contributed by atoms with Gasteiger partial charge in [-0.2, -0.15) is 0 Å². The van der Waals surface area contributed by atoms with Gasteiger partial charge in [0.25, 0.3) is 0 Å². The molecule has 0 saturated heterocycles. The lowest BCUT2D eigenvalue weighted by Gasteiger charge is -2.18. The number of hydrogen-bond acceptors (Lipinski definition) is 2. The second-order valence-electron chi connectivity index (χ2n) is 2.68. The van der Waals surface area contributed by atoms with E-state index >= 15 is 0 Å². The number of nitrogens with two attached hydrogens (primary N) is 2. The molecule has 2 nitrogen and oxygen atoms in total. The van der Waals surface area contributed by atoms with Gasteiger partial charge >= 0.3 is 0 Å². The molecule has 0 unspecified atom stereocenters. The molecule has 0 aromatic heterocycles. The normalized spacial score (nSPS) is 15.0. The summed E-state index contributed by atoms with van der Waals surface area (Å²) in [6.45, 7) is 6.09. The lowest BCUT2D eigenvalue weighted by atomic mass is 10.00.